The van der Waals surface area contributed by atoms with E-state index in [-0.39, 0.29) is 12.5 Å². The average Bonchev–Trinajstić information content (AvgIpc) is 3.20. The molecule has 2 N–H and O–H groups in total. The van der Waals surface area contributed by atoms with Gasteiger partial charge in [0.2, 0.25) is 5.91 Å². The van der Waals surface area contributed by atoms with Gasteiger partial charge in [0.1, 0.15) is 16.9 Å². The molecule has 2 aromatic heterocycles. The van der Waals surface area contributed by atoms with Gasteiger partial charge in [-0.25, -0.2) is 0 Å². The lowest BCUT2D eigenvalue weighted by Gasteiger charge is -2.20. The number of benzene rings is 1. The zero-order chi connectivity index (χ0) is 16.3. The van der Waals surface area contributed by atoms with Crippen molar-refractivity contribution in [2.75, 3.05) is 6.54 Å². The Morgan fingerprint density at radius 1 is 1.35 bits per heavy atom. The average molecular weight is 327 g/mol. The number of fused-ring (bicyclic) bond motifs is 1. The lowest BCUT2D eigenvalue weighted by atomic mass is 10.0. The summed E-state index contributed by atoms with van der Waals surface area (Å²) in [5.41, 5.74) is -0.558. The van der Waals surface area contributed by atoms with E-state index in [4.69, 9.17) is 4.42 Å². The molecule has 0 aliphatic carbocycles. The van der Waals surface area contributed by atoms with Crippen molar-refractivity contribution < 1.29 is 14.3 Å². The third kappa shape index (κ3) is 3.70. The van der Waals surface area contributed by atoms with E-state index in [9.17, 15) is 9.90 Å². The van der Waals surface area contributed by atoms with Crippen LogP contribution in [0.5, 0.6) is 0 Å². The number of carbonyl (C=O) groups excluding carboxylic acids is 1. The second-order valence-electron chi connectivity index (χ2n) is 5.49. The first-order valence-electron chi connectivity index (χ1n) is 7.25. The Kier molecular flexibility index (Phi) is 4.32. The highest BCUT2D eigenvalue weighted by molar-refractivity contribution is 7.10. The van der Waals surface area contributed by atoms with Crippen molar-refractivity contribution in [3.8, 4) is 0 Å². The van der Waals surface area contributed by atoms with Gasteiger partial charge in [-0.2, -0.15) is 0 Å². The lowest BCUT2D eigenvalue weighted by Crippen LogP contribution is -2.37. The van der Waals surface area contributed by atoms with E-state index in [0.29, 0.717) is 11.3 Å². The molecule has 118 valence electrons. The molecule has 3 rings (SSSR count). The zero-order valence-corrected chi connectivity index (χ0v) is 13.5. The van der Waals surface area contributed by atoms with E-state index in [1.165, 1.54) is 6.08 Å². The Balaban J connectivity index is 1.65. The van der Waals surface area contributed by atoms with Crippen LogP contribution in [0.25, 0.3) is 17.0 Å². The van der Waals surface area contributed by atoms with Crippen molar-refractivity contribution in [2.24, 2.45) is 0 Å². The number of rotatable bonds is 5. The predicted octanol–water partition coefficient (Wildman–Crippen LogP) is 3.53. The van der Waals surface area contributed by atoms with Gasteiger partial charge in [0, 0.05) is 16.3 Å². The monoisotopic (exact) mass is 327 g/mol. The fourth-order valence-corrected chi connectivity index (χ4v) is 2.81. The van der Waals surface area contributed by atoms with Gasteiger partial charge in [0.05, 0.1) is 6.54 Å². The Morgan fingerprint density at radius 2 is 2.17 bits per heavy atom. The molecule has 2 heterocycles. The van der Waals surface area contributed by atoms with Gasteiger partial charge >= 0.3 is 0 Å². The van der Waals surface area contributed by atoms with Crippen molar-refractivity contribution >= 4 is 34.3 Å². The summed E-state index contributed by atoms with van der Waals surface area (Å²) in [5, 5.41) is 16.1. The minimum Gasteiger partial charge on any atom is -0.458 e. The minimum absolute atomic E-state index is 0.0699. The van der Waals surface area contributed by atoms with Gasteiger partial charge in [-0.3, -0.25) is 4.79 Å². The molecule has 0 radical (unpaired) electrons. The van der Waals surface area contributed by atoms with Gasteiger partial charge in [0.15, 0.2) is 0 Å². The lowest BCUT2D eigenvalue weighted by molar-refractivity contribution is -0.117. The largest absolute Gasteiger partial charge is 0.458 e. The molecule has 1 aromatic carbocycles. The number of aliphatic hydroxyl groups is 1. The topological polar surface area (TPSA) is 62.5 Å². The second-order valence-corrected chi connectivity index (χ2v) is 6.47. The molecule has 0 aliphatic rings. The summed E-state index contributed by atoms with van der Waals surface area (Å²) in [4.78, 5) is 12.9. The first-order chi connectivity index (χ1) is 11.0. The molecular formula is C18H17NO3S. The molecule has 0 spiro atoms. The summed E-state index contributed by atoms with van der Waals surface area (Å²) >= 11 is 1.56. The number of furan rings is 1. The number of amides is 1. The van der Waals surface area contributed by atoms with E-state index in [1.807, 2.05) is 41.8 Å². The van der Waals surface area contributed by atoms with Crippen LogP contribution in [-0.4, -0.2) is 17.6 Å². The smallest absolute Gasteiger partial charge is 0.244 e. The molecule has 1 amide bonds. The maximum Gasteiger partial charge on any atom is 0.244 e. The predicted molar refractivity (Wildman–Crippen MR) is 92.1 cm³/mol. The first-order valence-corrected chi connectivity index (χ1v) is 8.13. The van der Waals surface area contributed by atoms with Crippen molar-refractivity contribution in [2.45, 2.75) is 12.5 Å². The van der Waals surface area contributed by atoms with E-state index >= 15 is 0 Å². The highest BCUT2D eigenvalue weighted by Crippen LogP contribution is 2.27. The number of nitrogens with one attached hydrogen (secondary N) is 1. The van der Waals surface area contributed by atoms with Crippen molar-refractivity contribution in [1.82, 2.24) is 5.32 Å². The van der Waals surface area contributed by atoms with Crippen LogP contribution in [-0.2, 0) is 10.4 Å². The van der Waals surface area contributed by atoms with Crippen LogP contribution in [0.15, 0.2) is 58.3 Å². The fourth-order valence-electron chi connectivity index (χ4n) is 2.20. The normalized spacial score (nSPS) is 14.2. The van der Waals surface area contributed by atoms with Crippen LogP contribution in [0.4, 0.5) is 0 Å². The van der Waals surface area contributed by atoms with E-state index in [0.717, 1.165) is 10.3 Å². The molecular weight excluding hydrogens is 310 g/mol. The Hall–Kier alpha value is -2.37. The standard InChI is InChI=1S/C18H17NO3S/c1-18(21,16-11-13-5-2-3-7-15(13)22-16)12-19-17(20)9-8-14-6-4-10-23-14/h2-11,21H,12H2,1H3,(H,19,20)/b9-8+. The number of para-hydroxylation sites is 1. The number of hydrogen-bond donors (Lipinski definition) is 2. The molecule has 0 saturated carbocycles. The van der Waals surface area contributed by atoms with Crippen LogP contribution in [0.3, 0.4) is 0 Å². The maximum atomic E-state index is 11.9. The highest BCUT2D eigenvalue weighted by atomic mass is 32.1. The SMILES string of the molecule is CC(O)(CNC(=O)/C=C/c1cccs1)c1cc2ccccc2o1. The molecule has 0 aliphatic heterocycles. The van der Waals surface area contributed by atoms with Crippen LogP contribution in [0.2, 0.25) is 0 Å². The zero-order valence-electron chi connectivity index (χ0n) is 12.7. The number of hydrogen-bond acceptors (Lipinski definition) is 4. The first kappa shape index (κ1) is 15.5. The highest BCUT2D eigenvalue weighted by Gasteiger charge is 2.27. The summed E-state index contributed by atoms with van der Waals surface area (Å²) in [6, 6.07) is 13.2. The van der Waals surface area contributed by atoms with Crippen LogP contribution in [0, 0.1) is 0 Å². The number of carbonyl (C=O) groups is 1. The van der Waals surface area contributed by atoms with Crippen molar-refractivity contribution in [3.05, 3.63) is 64.6 Å². The molecule has 1 atom stereocenters. The van der Waals surface area contributed by atoms with Gasteiger partial charge < -0.3 is 14.8 Å². The van der Waals surface area contributed by atoms with Gasteiger partial charge in [0.25, 0.3) is 0 Å². The molecule has 0 bridgehead atoms. The summed E-state index contributed by atoms with van der Waals surface area (Å²) in [5.74, 6) is 0.177. The van der Waals surface area contributed by atoms with Crippen molar-refractivity contribution in [1.29, 1.82) is 0 Å². The van der Waals surface area contributed by atoms with Crippen LogP contribution in [0.1, 0.15) is 17.6 Å². The van der Waals surface area contributed by atoms with Gasteiger partial charge in [-0.1, -0.05) is 24.3 Å². The quantitative estimate of drug-likeness (QED) is 0.705. The fraction of sp³-hybridized carbons (Fsp3) is 0.167. The second kappa shape index (κ2) is 6.40. The number of thiophene rings is 1. The van der Waals surface area contributed by atoms with Gasteiger partial charge in [-0.05, 0) is 36.6 Å². The summed E-state index contributed by atoms with van der Waals surface area (Å²) in [7, 11) is 0. The Morgan fingerprint density at radius 3 is 2.91 bits per heavy atom. The molecule has 4 nitrogen and oxygen atoms in total. The maximum absolute atomic E-state index is 11.9. The van der Waals surface area contributed by atoms with Gasteiger partial charge in [-0.15, -0.1) is 11.3 Å². The third-order valence-electron chi connectivity index (χ3n) is 3.51. The Bertz CT molecular complexity index is 798. The Labute approximate surface area is 138 Å². The van der Waals surface area contributed by atoms with Crippen molar-refractivity contribution in [3.63, 3.8) is 0 Å². The van der Waals surface area contributed by atoms with E-state index < -0.39 is 5.60 Å². The summed E-state index contributed by atoms with van der Waals surface area (Å²) < 4.78 is 5.67. The molecule has 5 heteroatoms. The molecule has 0 fully saturated rings. The van der Waals surface area contributed by atoms with E-state index in [2.05, 4.69) is 5.32 Å². The molecule has 23 heavy (non-hydrogen) atoms. The minimum atomic E-state index is -1.27. The molecule has 0 saturated heterocycles. The third-order valence-corrected chi connectivity index (χ3v) is 4.34. The van der Waals surface area contributed by atoms with Crippen LogP contribution < -0.4 is 5.32 Å². The molecule has 3 aromatic rings. The van der Waals surface area contributed by atoms with Crippen LogP contribution >= 0.6 is 11.3 Å². The molecule has 1 unspecified atom stereocenters. The summed E-state index contributed by atoms with van der Waals surface area (Å²) in [6.45, 7) is 1.69. The summed E-state index contributed by atoms with van der Waals surface area (Å²) in [6.07, 6.45) is 3.20. The van der Waals surface area contributed by atoms with E-state index in [1.54, 1.807) is 30.4 Å².